The quantitative estimate of drug-likeness (QED) is 0.811. The van der Waals surface area contributed by atoms with E-state index in [4.69, 9.17) is 11.6 Å². The average Bonchev–Trinajstić information content (AvgIpc) is 2.24. The second-order valence-electron chi connectivity index (χ2n) is 3.94. The Morgan fingerprint density at radius 3 is 2.76 bits per heavy atom. The van der Waals surface area contributed by atoms with E-state index >= 15 is 0 Å². The molecule has 5 nitrogen and oxygen atoms in total. The van der Waals surface area contributed by atoms with Crippen LogP contribution in [0, 0.1) is 0 Å². The molecule has 1 N–H and O–H groups in total. The van der Waals surface area contributed by atoms with E-state index in [-0.39, 0.29) is 18.5 Å². The van der Waals surface area contributed by atoms with Crippen LogP contribution in [0.3, 0.4) is 0 Å². The second kappa shape index (κ2) is 6.39. The number of nitrogens with one attached hydrogen (secondary N) is 1. The summed E-state index contributed by atoms with van der Waals surface area (Å²) in [5.41, 5.74) is 0. The highest BCUT2D eigenvalue weighted by Gasteiger charge is 2.12. The Hall–Kier alpha value is -1.36. The summed E-state index contributed by atoms with van der Waals surface area (Å²) in [5, 5.41) is 3.21. The Kier molecular flexibility index (Phi) is 5.15. The van der Waals surface area contributed by atoms with Gasteiger partial charge in [-0.2, -0.15) is 0 Å². The summed E-state index contributed by atoms with van der Waals surface area (Å²) in [6.07, 6.45) is 1.39. The minimum Gasteiger partial charge on any atom is -0.352 e. The second-order valence-corrected chi connectivity index (χ2v) is 4.32. The Morgan fingerprint density at radius 1 is 1.53 bits per heavy atom. The first-order valence-electron chi connectivity index (χ1n) is 5.54. The van der Waals surface area contributed by atoms with Gasteiger partial charge >= 0.3 is 0 Å². The van der Waals surface area contributed by atoms with Gasteiger partial charge in [0, 0.05) is 18.7 Å². The SMILES string of the molecule is CCN(CC(=O)NC(C)C)c1cc(Cl)ncn1. The van der Waals surface area contributed by atoms with Crippen molar-refractivity contribution in [1.82, 2.24) is 15.3 Å². The van der Waals surface area contributed by atoms with Gasteiger partial charge in [-0.15, -0.1) is 0 Å². The van der Waals surface area contributed by atoms with Crippen molar-refractivity contribution < 1.29 is 4.79 Å². The fourth-order valence-corrected chi connectivity index (χ4v) is 1.53. The molecular weight excluding hydrogens is 240 g/mol. The Bertz CT molecular complexity index is 383. The molecule has 0 aliphatic rings. The molecule has 0 aromatic carbocycles. The van der Waals surface area contributed by atoms with E-state index in [9.17, 15) is 4.79 Å². The zero-order valence-electron chi connectivity index (χ0n) is 10.3. The molecular formula is C11H17ClN4O. The summed E-state index contributed by atoms with van der Waals surface area (Å²) in [5.74, 6) is 0.628. The summed E-state index contributed by atoms with van der Waals surface area (Å²) in [6.45, 7) is 6.75. The third kappa shape index (κ3) is 4.56. The van der Waals surface area contributed by atoms with Gasteiger partial charge in [-0.3, -0.25) is 4.79 Å². The molecule has 1 heterocycles. The van der Waals surface area contributed by atoms with Gasteiger partial charge in [-0.1, -0.05) is 11.6 Å². The lowest BCUT2D eigenvalue weighted by molar-refractivity contribution is -0.120. The number of hydrogen-bond acceptors (Lipinski definition) is 4. The van der Waals surface area contributed by atoms with Crippen LogP contribution < -0.4 is 10.2 Å². The van der Waals surface area contributed by atoms with Crippen LogP contribution in [0.15, 0.2) is 12.4 Å². The van der Waals surface area contributed by atoms with E-state index < -0.39 is 0 Å². The highest BCUT2D eigenvalue weighted by molar-refractivity contribution is 6.29. The minimum absolute atomic E-state index is 0.0309. The van der Waals surface area contributed by atoms with Crippen LogP contribution in [0.25, 0.3) is 0 Å². The van der Waals surface area contributed by atoms with Gasteiger partial charge in [-0.25, -0.2) is 9.97 Å². The average molecular weight is 257 g/mol. The maximum atomic E-state index is 11.7. The Balaban J connectivity index is 2.69. The van der Waals surface area contributed by atoms with Crippen molar-refractivity contribution in [1.29, 1.82) is 0 Å². The zero-order chi connectivity index (χ0) is 12.8. The molecule has 0 bridgehead atoms. The lowest BCUT2D eigenvalue weighted by Crippen LogP contribution is -2.40. The lowest BCUT2D eigenvalue weighted by Gasteiger charge is -2.21. The third-order valence-electron chi connectivity index (χ3n) is 2.11. The molecule has 1 aromatic heterocycles. The van der Waals surface area contributed by atoms with Gasteiger partial charge in [0.1, 0.15) is 17.3 Å². The van der Waals surface area contributed by atoms with Crippen LogP contribution in [-0.4, -0.2) is 35.0 Å². The first-order valence-corrected chi connectivity index (χ1v) is 5.92. The molecule has 0 radical (unpaired) electrons. The summed E-state index contributed by atoms with van der Waals surface area (Å²) >= 11 is 5.79. The van der Waals surface area contributed by atoms with E-state index in [1.165, 1.54) is 6.33 Å². The smallest absolute Gasteiger partial charge is 0.239 e. The van der Waals surface area contributed by atoms with E-state index in [0.29, 0.717) is 17.5 Å². The van der Waals surface area contributed by atoms with Crippen LogP contribution >= 0.6 is 11.6 Å². The number of halogens is 1. The third-order valence-corrected chi connectivity index (χ3v) is 2.32. The molecule has 1 amide bonds. The molecule has 94 valence electrons. The zero-order valence-corrected chi connectivity index (χ0v) is 11.0. The number of likely N-dealkylation sites (N-methyl/N-ethyl adjacent to an activating group) is 1. The number of carbonyl (C=O) groups excluding carboxylic acids is 1. The van der Waals surface area contributed by atoms with Crippen molar-refractivity contribution in [2.45, 2.75) is 26.8 Å². The summed E-state index contributed by atoms with van der Waals surface area (Å²) in [7, 11) is 0. The number of carbonyl (C=O) groups is 1. The fraction of sp³-hybridized carbons (Fsp3) is 0.545. The van der Waals surface area contributed by atoms with Gasteiger partial charge in [0.05, 0.1) is 6.54 Å². The van der Waals surface area contributed by atoms with Crippen molar-refractivity contribution in [2.75, 3.05) is 18.0 Å². The molecule has 0 spiro atoms. The number of rotatable bonds is 5. The van der Waals surface area contributed by atoms with Gasteiger partial charge in [0.2, 0.25) is 5.91 Å². The van der Waals surface area contributed by atoms with E-state index in [1.807, 2.05) is 25.7 Å². The molecule has 0 atom stereocenters. The van der Waals surface area contributed by atoms with E-state index in [2.05, 4.69) is 15.3 Å². The van der Waals surface area contributed by atoms with E-state index in [1.54, 1.807) is 6.07 Å². The first kappa shape index (κ1) is 13.7. The van der Waals surface area contributed by atoms with Crippen LogP contribution in [0.2, 0.25) is 5.15 Å². The Labute approximate surface area is 106 Å². The molecule has 1 rings (SSSR count). The normalized spacial score (nSPS) is 10.4. The predicted octanol–water partition coefficient (Wildman–Crippen LogP) is 1.48. The van der Waals surface area contributed by atoms with Crippen molar-refractivity contribution in [3.05, 3.63) is 17.5 Å². The summed E-state index contributed by atoms with van der Waals surface area (Å²) < 4.78 is 0. The number of hydrogen-bond donors (Lipinski definition) is 1. The predicted molar refractivity (Wildman–Crippen MR) is 68.2 cm³/mol. The fourth-order valence-electron chi connectivity index (χ4n) is 1.39. The number of aromatic nitrogens is 2. The molecule has 0 saturated heterocycles. The highest BCUT2D eigenvalue weighted by Crippen LogP contribution is 2.13. The number of nitrogens with zero attached hydrogens (tertiary/aromatic N) is 3. The maximum Gasteiger partial charge on any atom is 0.239 e. The minimum atomic E-state index is -0.0309. The lowest BCUT2D eigenvalue weighted by atomic mass is 10.3. The van der Waals surface area contributed by atoms with Crippen molar-refractivity contribution >= 4 is 23.3 Å². The van der Waals surface area contributed by atoms with Crippen LogP contribution in [0.1, 0.15) is 20.8 Å². The summed E-state index contributed by atoms with van der Waals surface area (Å²) in [6, 6.07) is 1.78. The van der Waals surface area contributed by atoms with Crippen LogP contribution in [0.4, 0.5) is 5.82 Å². The molecule has 17 heavy (non-hydrogen) atoms. The van der Waals surface area contributed by atoms with Crippen LogP contribution in [0.5, 0.6) is 0 Å². The van der Waals surface area contributed by atoms with Gasteiger partial charge < -0.3 is 10.2 Å². The molecule has 0 aliphatic heterocycles. The standard InChI is InChI=1S/C11H17ClN4O/c1-4-16(6-11(17)15-8(2)3)10-5-9(12)13-7-14-10/h5,7-8H,4,6H2,1-3H3,(H,15,17). The highest BCUT2D eigenvalue weighted by atomic mass is 35.5. The largest absolute Gasteiger partial charge is 0.352 e. The van der Waals surface area contributed by atoms with E-state index in [0.717, 1.165) is 0 Å². The van der Waals surface area contributed by atoms with Crippen LogP contribution in [-0.2, 0) is 4.79 Å². The van der Waals surface area contributed by atoms with Crippen molar-refractivity contribution in [3.63, 3.8) is 0 Å². The topological polar surface area (TPSA) is 58.1 Å². The molecule has 0 unspecified atom stereocenters. The maximum absolute atomic E-state index is 11.7. The Morgan fingerprint density at radius 2 is 2.24 bits per heavy atom. The monoisotopic (exact) mass is 256 g/mol. The first-order chi connectivity index (χ1) is 8.02. The van der Waals surface area contributed by atoms with Gasteiger partial charge in [0.15, 0.2) is 0 Å². The van der Waals surface area contributed by atoms with Crippen molar-refractivity contribution in [3.8, 4) is 0 Å². The molecule has 0 saturated carbocycles. The van der Waals surface area contributed by atoms with Crippen molar-refractivity contribution in [2.24, 2.45) is 0 Å². The molecule has 0 aliphatic carbocycles. The van der Waals surface area contributed by atoms with Gasteiger partial charge in [0.25, 0.3) is 0 Å². The summed E-state index contributed by atoms with van der Waals surface area (Å²) in [4.78, 5) is 21.4. The molecule has 6 heteroatoms. The number of anilines is 1. The van der Waals surface area contributed by atoms with Gasteiger partial charge in [-0.05, 0) is 20.8 Å². The molecule has 1 aromatic rings. The number of amides is 1. The molecule has 0 fully saturated rings.